The SMILES string of the molecule is O=C(CS(=O)(=O)NCCC1CCC1)c1ccccc1. The molecule has 4 nitrogen and oxygen atoms in total. The lowest BCUT2D eigenvalue weighted by Crippen LogP contribution is -2.32. The zero-order valence-electron chi connectivity index (χ0n) is 10.8. The van der Waals surface area contributed by atoms with Gasteiger partial charge in [-0.2, -0.15) is 0 Å². The number of carbonyl (C=O) groups excluding carboxylic acids is 1. The summed E-state index contributed by atoms with van der Waals surface area (Å²) < 4.78 is 26.1. The second-order valence-corrected chi connectivity index (χ2v) is 6.84. The smallest absolute Gasteiger partial charge is 0.219 e. The zero-order valence-corrected chi connectivity index (χ0v) is 11.7. The fourth-order valence-corrected chi connectivity index (χ4v) is 3.17. The van der Waals surface area contributed by atoms with E-state index in [9.17, 15) is 13.2 Å². The number of ketones is 1. The molecule has 1 aromatic rings. The lowest BCUT2D eigenvalue weighted by molar-refractivity contribution is 0.102. The Morgan fingerprint density at radius 1 is 1.21 bits per heavy atom. The van der Waals surface area contributed by atoms with Crippen molar-refractivity contribution in [1.29, 1.82) is 0 Å². The van der Waals surface area contributed by atoms with Crippen LogP contribution in [-0.2, 0) is 10.0 Å². The molecule has 104 valence electrons. The second-order valence-electron chi connectivity index (χ2n) is 5.03. The third kappa shape index (κ3) is 4.44. The van der Waals surface area contributed by atoms with Crippen LogP contribution < -0.4 is 4.72 Å². The van der Waals surface area contributed by atoms with E-state index in [1.54, 1.807) is 30.3 Å². The van der Waals surface area contributed by atoms with Gasteiger partial charge in [-0.25, -0.2) is 13.1 Å². The van der Waals surface area contributed by atoms with Crippen molar-refractivity contribution in [1.82, 2.24) is 4.72 Å². The first-order chi connectivity index (χ1) is 9.07. The molecule has 1 aliphatic rings. The van der Waals surface area contributed by atoms with Gasteiger partial charge in [0.25, 0.3) is 0 Å². The van der Waals surface area contributed by atoms with E-state index >= 15 is 0 Å². The fraction of sp³-hybridized carbons (Fsp3) is 0.500. The lowest BCUT2D eigenvalue weighted by Gasteiger charge is -2.25. The monoisotopic (exact) mass is 281 g/mol. The zero-order chi connectivity index (χ0) is 13.7. The number of carbonyl (C=O) groups is 1. The van der Waals surface area contributed by atoms with Gasteiger partial charge in [-0.05, 0) is 12.3 Å². The van der Waals surface area contributed by atoms with Gasteiger partial charge >= 0.3 is 0 Å². The van der Waals surface area contributed by atoms with Gasteiger partial charge < -0.3 is 0 Å². The van der Waals surface area contributed by atoms with E-state index in [1.807, 2.05) is 0 Å². The molecule has 1 aliphatic carbocycles. The average molecular weight is 281 g/mol. The van der Waals surface area contributed by atoms with Crippen LogP contribution in [0.3, 0.4) is 0 Å². The van der Waals surface area contributed by atoms with Crippen LogP contribution >= 0.6 is 0 Å². The molecule has 1 saturated carbocycles. The average Bonchev–Trinajstić information content (AvgIpc) is 2.33. The highest BCUT2D eigenvalue weighted by molar-refractivity contribution is 7.90. The summed E-state index contributed by atoms with van der Waals surface area (Å²) in [7, 11) is -3.51. The maximum atomic E-state index is 11.8. The predicted molar refractivity (Wildman–Crippen MR) is 74.5 cm³/mol. The molecule has 0 atom stereocenters. The third-order valence-electron chi connectivity index (χ3n) is 3.52. The molecule has 0 bridgehead atoms. The van der Waals surface area contributed by atoms with Gasteiger partial charge in [0, 0.05) is 12.1 Å². The molecule has 0 heterocycles. The summed E-state index contributed by atoms with van der Waals surface area (Å²) in [6, 6.07) is 8.51. The summed E-state index contributed by atoms with van der Waals surface area (Å²) in [5.74, 6) is -0.175. The van der Waals surface area contributed by atoms with Gasteiger partial charge in [0.1, 0.15) is 5.75 Å². The molecule has 0 radical (unpaired) electrons. The number of Topliss-reactive ketones (excluding diaryl/α,β-unsaturated/α-hetero) is 1. The highest BCUT2D eigenvalue weighted by Gasteiger charge is 2.20. The lowest BCUT2D eigenvalue weighted by atomic mass is 9.83. The van der Waals surface area contributed by atoms with Crippen molar-refractivity contribution in [2.24, 2.45) is 5.92 Å². The molecule has 19 heavy (non-hydrogen) atoms. The standard InChI is InChI=1S/C14H19NO3S/c16-14(13-7-2-1-3-8-13)11-19(17,18)15-10-9-12-5-4-6-12/h1-3,7-8,12,15H,4-6,9-11H2. The second kappa shape index (κ2) is 6.30. The molecule has 0 unspecified atom stereocenters. The summed E-state index contributed by atoms with van der Waals surface area (Å²) in [6.07, 6.45) is 4.53. The van der Waals surface area contributed by atoms with E-state index in [2.05, 4.69) is 4.72 Å². The Hall–Kier alpha value is -1.20. The van der Waals surface area contributed by atoms with Crippen molar-refractivity contribution in [3.8, 4) is 0 Å². The Balaban J connectivity index is 1.81. The quantitative estimate of drug-likeness (QED) is 0.777. The molecular formula is C14H19NO3S. The van der Waals surface area contributed by atoms with Crippen LogP contribution in [0.5, 0.6) is 0 Å². The van der Waals surface area contributed by atoms with Crippen molar-refractivity contribution < 1.29 is 13.2 Å². The van der Waals surface area contributed by atoms with E-state index in [0.717, 1.165) is 6.42 Å². The highest BCUT2D eigenvalue weighted by atomic mass is 32.2. The maximum Gasteiger partial charge on any atom is 0.219 e. The van der Waals surface area contributed by atoms with Crippen LogP contribution in [0.15, 0.2) is 30.3 Å². The molecular weight excluding hydrogens is 262 g/mol. The summed E-state index contributed by atoms with van der Waals surface area (Å²) >= 11 is 0. The minimum Gasteiger partial charge on any atom is -0.293 e. The Labute approximate surface area is 114 Å². The van der Waals surface area contributed by atoms with Gasteiger partial charge in [-0.15, -0.1) is 0 Å². The topological polar surface area (TPSA) is 63.2 Å². The molecule has 0 spiro atoms. The maximum absolute atomic E-state index is 11.8. The van der Waals surface area contributed by atoms with Crippen LogP contribution in [0.25, 0.3) is 0 Å². The summed E-state index contributed by atoms with van der Waals surface area (Å²) in [5, 5.41) is 0. The number of benzene rings is 1. The van der Waals surface area contributed by atoms with Gasteiger partial charge in [-0.3, -0.25) is 4.79 Å². The van der Waals surface area contributed by atoms with Crippen LogP contribution in [0, 0.1) is 5.92 Å². The predicted octanol–water partition coefficient (Wildman–Crippen LogP) is 1.98. The van der Waals surface area contributed by atoms with Gasteiger partial charge in [0.05, 0.1) is 0 Å². The largest absolute Gasteiger partial charge is 0.293 e. The Bertz CT molecular complexity index is 521. The van der Waals surface area contributed by atoms with Gasteiger partial charge in [0.15, 0.2) is 5.78 Å². The van der Waals surface area contributed by atoms with Crippen molar-refractivity contribution in [3.63, 3.8) is 0 Å². The van der Waals surface area contributed by atoms with E-state index in [-0.39, 0.29) is 5.78 Å². The van der Waals surface area contributed by atoms with Crippen molar-refractivity contribution >= 4 is 15.8 Å². The Kier molecular flexibility index (Phi) is 4.71. The summed E-state index contributed by atoms with van der Waals surface area (Å²) in [6.45, 7) is 0.440. The number of rotatable bonds is 7. The third-order valence-corrected chi connectivity index (χ3v) is 4.80. The molecule has 2 rings (SSSR count). The minimum absolute atomic E-state index is 0.364. The molecule has 5 heteroatoms. The molecule has 0 aromatic heterocycles. The molecule has 0 saturated heterocycles. The van der Waals surface area contributed by atoms with E-state index in [0.29, 0.717) is 18.0 Å². The Morgan fingerprint density at radius 3 is 2.47 bits per heavy atom. The van der Waals surface area contributed by atoms with E-state index in [1.165, 1.54) is 19.3 Å². The van der Waals surface area contributed by atoms with Crippen molar-refractivity contribution in [2.75, 3.05) is 12.3 Å². The molecule has 1 fully saturated rings. The number of sulfonamides is 1. The fourth-order valence-electron chi connectivity index (χ4n) is 2.13. The number of hydrogen-bond donors (Lipinski definition) is 1. The molecule has 0 amide bonds. The first kappa shape index (κ1) is 14.2. The molecule has 0 aliphatic heterocycles. The molecule has 1 aromatic carbocycles. The van der Waals surface area contributed by atoms with Crippen LogP contribution in [0.1, 0.15) is 36.0 Å². The number of hydrogen-bond acceptors (Lipinski definition) is 3. The van der Waals surface area contributed by atoms with E-state index < -0.39 is 15.8 Å². The highest BCUT2D eigenvalue weighted by Crippen LogP contribution is 2.28. The Morgan fingerprint density at radius 2 is 1.89 bits per heavy atom. The van der Waals surface area contributed by atoms with Gasteiger partial charge in [0.2, 0.25) is 10.0 Å². The first-order valence-electron chi connectivity index (χ1n) is 6.62. The first-order valence-corrected chi connectivity index (χ1v) is 8.28. The van der Waals surface area contributed by atoms with Crippen molar-refractivity contribution in [3.05, 3.63) is 35.9 Å². The summed E-state index contributed by atoms with van der Waals surface area (Å²) in [5.41, 5.74) is 0.437. The van der Waals surface area contributed by atoms with Crippen LogP contribution in [0.4, 0.5) is 0 Å². The normalized spacial score (nSPS) is 16.0. The molecule has 1 N–H and O–H groups in total. The van der Waals surface area contributed by atoms with Crippen LogP contribution in [-0.4, -0.2) is 26.5 Å². The van der Waals surface area contributed by atoms with E-state index in [4.69, 9.17) is 0 Å². The number of nitrogens with one attached hydrogen (secondary N) is 1. The van der Waals surface area contributed by atoms with Gasteiger partial charge in [-0.1, -0.05) is 49.6 Å². The van der Waals surface area contributed by atoms with Crippen LogP contribution in [0.2, 0.25) is 0 Å². The van der Waals surface area contributed by atoms with Crippen molar-refractivity contribution in [2.45, 2.75) is 25.7 Å². The summed E-state index contributed by atoms with van der Waals surface area (Å²) in [4.78, 5) is 11.8. The minimum atomic E-state index is -3.51.